The topological polar surface area (TPSA) is 116 Å². The second-order valence-corrected chi connectivity index (χ2v) is 12.1. The van der Waals surface area contributed by atoms with Gasteiger partial charge in [0.25, 0.3) is 5.91 Å². The summed E-state index contributed by atoms with van der Waals surface area (Å²) in [6.07, 6.45) is -2.41. The van der Waals surface area contributed by atoms with Gasteiger partial charge in [-0.3, -0.25) is 9.10 Å². The van der Waals surface area contributed by atoms with Gasteiger partial charge in [-0.1, -0.05) is 12.1 Å². The summed E-state index contributed by atoms with van der Waals surface area (Å²) in [5, 5.41) is 13.8. The van der Waals surface area contributed by atoms with E-state index in [0.717, 1.165) is 28.9 Å². The van der Waals surface area contributed by atoms with E-state index >= 15 is 0 Å². The zero-order chi connectivity index (χ0) is 32.7. The lowest BCUT2D eigenvalue weighted by Gasteiger charge is -2.21. The van der Waals surface area contributed by atoms with Crippen LogP contribution in [0.15, 0.2) is 83.3 Å². The SMILES string of the molecule is CNC(=O)c1c(-c2ccc(F)cc2)oc2cc(N(C)S(C)(=O)=O)c(-c3ccc(C=N)c(Nc4ccc(C(F)(F)F)cc4)c3)cc12. The van der Waals surface area contributed by atoms with Gasteiger partial charge in [0.2, 0.25) is 10.0 Å². The van der Waals surface area contributed by atoms with E-state index in [9.17, 15) is 30.8 Å². The Hall–Kier alpha value is -5.17. The maximum absolute atomic E-state index is 13.7. The molecule has 0 aliphatic heterocycles. The van der Waals surface area contributed by atoms with Crippen molar-refractivity contribution in [2.24, 2.45) is 0 Å². The molecular weight excluding hydrogens is 612 g/mol. The smallest absolute Gasteiger partial charge is 0.416 e. The van der Waals surface area contributed by atoms with E-state index in [1.165, 1.54) is 56.6 Å². The first kappa shape index (κ1) is 31.3. The summed E-state index contributed by atoms with van der Waals surface area (Å²) < 4.78 is 85.5. The fourth-order valence-corrected chi connectivity index (χ4v) is 5.32. The molecule has 8 nitrogen and oxygen atoms in total. The molecule has 3 N–H and O–H groups in total. The normalized spacial score (nSPS) is 11.8. The van der Waals surface area contributed by atoms with E-state index in [2.05, 4.69) is 10.6 Å². The van der Waals surface area contributed by atoms with Crippen LogP contribution in [0.3, 0.4) is 0 Å². The summed E-state index contributed by atoms with van der Waals surface area (Å²) in [7, 11) is -0.997. The Morgan fingerprint density at radius 2 is 1.60 bits per heavy atom. The van der Waals surface area contributed by atoms with Gasteiger partial charge < -0.3 is 20.5 Å². The van der Waals surface area contributed by atoms with Crippen LogP contribution in [0.1, 0.15) is 21.5 Å². The van der Waals surface area contributed by atoms with Crippen LogP contribution in [-0.4, -0.2) is 40.9 Å². The summed E-state index contributed by atoms with van der Waals surface area (Å²) in [4.78, 5) is 13.1. The number of sulfonamides is 1. The molecule has 1 aromatic heterocycles. The van der Waals surface area contributed by atoms with E-state index in [1.54, 1.807) is 24.3 Å². The summed E-state index contributed by atoms with van der Waals surface area (Å²) in [6, 6.07) is 17.7. The molecule has 0 aliphatic rings. The number of rotatable bonds is 8. The fourth-order valence-electron chi connectivity index (χ4n) is 4.81. The van der Waals surface area contributed by atoms with Crippen molar-refractivity contribution in [2.45, 2.75) is 6.18 Å². The van der Waals surface area contributed by atoms with Crippen LogP contribution in [0.4, 0.5) is 34.6 Å². The number of alkyl halides is 3. The van der Waals surface area contributed by atoms with Gasteiger partial charge in [0.1, 0.15) is 17.2 Å². The van der Waals surface area contributed by atoms with Gasteiger partial charge in [0.15, 0.2) is 0 Å². The number of fused-ring (bicyclic) bond motifs is 1. The Kier molecular flexibility index (Phi) is 8.15. The number of amides is 1. The number of carbonyl (C=O) groups excluding carboxylic acids is 1. The molecule has 0 bridgehead atoms. The van der Waals surface area contributed by atoms with Crippen molar-refractivity contribution in [3.05, 3.63) is 101 Å². The molecule has 5 aromatic rings. The summed E-state index contributed by atoms with van der Waals surface area (Å²) in [6.45, 7) is 0. The van der Waals surface area contributed by atoms with E-state index in [4.69, 9.17) is 9.83 Å². The Balaban J connectivity index is 1.72. The number of furan rings is 1. The van der Waals surface area contributed by atoms with Crippen LogP contribution >= 0.6 is 0 Å². The molecule has 0 radical (unpaired) electrons. The maximum Gasteiger partial charge on any atom is 0.416 e. The lowest BCUT2D eigenvalue weighted by atomic mass is 9.97. The molecule has 0 spiro atoms. The number of carbonyl (C=O) groups is 1. The third kappa shape index (κ3) is 6.25. The maximum atomic E-state index is 13.7. The molecule has 0 aliphatic carbocycles. The highest BCUT2D eigenvalue weighted by molar-refractivity contribution is 7.92. The zero-order valence-electron chi connectivity index (χ0n) is 24.1. The minimum absolute atomic E-state index is 0.146. The van der Waals surface area contributed by atoms with E-state index in [0.29, 0.717) is 39.0 Å². The van der Waals surface area contributed by atoms with E-state index in [-0.39, 0.29) is 22.6 Å². The molecule has 0 fully saturated rings. The summed E-state index contributed by atoms with van der Waals surface area (Å²) >= 11 is 0. The van der Waals surface area contributed by atoms with Crippen LogP contribution in [0.5, 0.6) is 0 Å². The average molecular weight is 639 g/mol. The standard InChI is InChI=1S/C32H26F4N4O4S/c1-38-31(41)29-25-15-24(19-4-5-20(17-37)26(14-19)39-23-12-8-21(9-13-23)32(34,35)36)27(40(2)45(3,42)43)16-28(25)44-30(29)18-6-10-22(33)11-7-18/h4-17,37,39H,1-3H3,(H,38,41). The van der Waals surface area contributed by atoms with Crippen molar-refractivity contribution in [1.29, 1.82) is 5.41 Å². The Labute approximate surface area is 255 Å². The van der Waals surface area contributed by atoms with Crippen LogP contribution < -0.4 is 14.9 Å². The first-order valence-corrected chi connectivity index (χ1v) is 15.2. The number of benzene rings is 4. The Morgan fingerprint density at radius 1 is 0.956 bits per heavy atom. The van der Waals surface area contributed by atoms with Gasteiger partial charge >= 0.3 is 6.18 Å². The molecule has 5 rings (SSSR count). The van der Waals surface area contributed by atoms with E-state index in [1.807, 2.05) is 0 Å². The van der Waals surface area contributed by atoms with Gasteiger partial charge in [0, 0.05) is 59.8 Å². The summed E-state index contributed by atoms with van der Waals surface area (Å²) in [5.74, 6) is -0.824. The van der Waals surface area contributed by atoms with Crippen LogP contribution in [0.25, 0.3) is 33.4 Å². The quantitative estimate of drug-likeness (QED) is 0.121. The average Bonchev–Trinajstić information content (AvgIpc) is 3.37. The fraction of sp³-hybridized carbons (Fsp3) is 0.125. The molecule has 4 aromatic carbocycles. The molecular formula is C32H26F4N4O4S. The van der Waals surface area contributed by atoms with Crippen molar-refractivity contribution in [1.82, 2.24) is 5.32 Å². The molecule has 232 valence electrons. The molecule has 1 amide bonds. The van der Waals surface area contributed by atoms with Crippen LogP contribution in [-0.2, 0) is 16.2 Å². The number of nitrogens with one attached hydrogen (secondary N) is 3. The second-order valence-electron chi connectivity index (χ2n) is 10.1. The third-order valence-corrected chi connectivity index (χ3v) is 8.41. The lowest BCUT2D eigenvalue weighted by molar-refractivity contribution is -0.137. The number of halogens is 4. The third-order valence-electron chi connectivity index (χ3n) is 7.21. The van der Waals surface area contributed by atoms with Crippen LogP contribution in [0, 0.1) is 11.2 Å². The first-order valence-electron chi connectivity index (χ1n) is 13.3. The molecule has 0 atom stereocenters. The Bertz CT molecular complexity index is 2040. The predicted octanol–water partition coefficient (Wildman–Crippen LogP) is 7.42. The number of anilines is 3. The number of hydrogen-bond donors (Lipinski definition) is 3. The van der Waals surface area contributed by atoms with Gasteiger partial charge in [0.05, 0.1) is 23.1 Å². The molecule has 1 heterocycles. The predicted molar refractivity (Wildman–Crippen MR) is 166 cm³/mol. The Morgan fingerprint density at radius 3 is 2.18 bits per heavy atom. The van der Waals surface area contributed by atoms with Gasteiger partial charge in [-0.05, 0) is 66.2 Å². The first-order chi connectivity index (χ1) is 21.2. The zero-order valence-corrected chi connectivity index (χ0v) is 24.9. The molecule has 45 heavy (non-hydrogen) atoms. The van der Waals surface area contributed by atoms with Crippen molar-refractivity contribution in [2.75, 3.05) is 30.0 Å². The van der Waals surface area contributed by atoms with Crippen molar-refractivity contribution < 1.29 is 35.2 Å². The van der Waals surface area contributed by atoms with Crippen molar-refractivity contribution >= 4 is 50.2 Å². The van der Waals surface area contributed by atoms with E-state index < -0.39 is 33.5 Å². The minimum Gasteiger partial charge on any atom is -0.455 e. The largest absolute Gasteiger partial charge is 0.455 e. The highest BCUT2D eigenvalue weighted by Crippen LogP contribution is 2.42. The molecule has 13 heteroatoms. The monoisotopic (exact) mass is 638 g/mol. The van der Waals surface area contributed by atoms with Crippen molar-refractivity contribution in [3.8, 4) is 22.5 Å². The number of hydrogen-bond acceptors (Lipinski definition) is 6. The van der Waals surface area contributed by atoms with Gasteiger partial charge in [-0.25, -0.2) is 12.8 Å². The molecule has 0 saturated carbocycles. The van der Waals surface area contributed by atoms with Gasteiger partial charge in [-0.15, -0.1) is 0 Å². The van der Waals surface area contributed by atoms with Crippen LogP contribution in [0.2, 0.25) is 0 Å². The van der Waals surface area contributed by atoms with Crippen molar-refractivity contribution in [3.63, 3.8) is 0 Å². The molecule has 0 unspecified atom stereocenters. The lowest BCUT2D eigenvalue weighted by Crippen LogP contribution is -2.25. The summed E-state index contributed by atoms with van der Waals surface area (Å²) in [5.41, 5.74) is 2.09. The molecule has 0 saturated heterocycles. The van der Waals surface area contributed by atoms with Gasteiger partial charge in [-0.2, -0.15) is 13.2 Å². The second kappa shape index (κ2) is 11.7. The highest BCUT2D eigenvalue weighted by Gasteiger charge is 2.30. The minimum atomic E-state index is -4.50. The number of nitrogens with zero attached hydrogens (tertiary/aromatic N) is 1. The highest BCUT2D eigenvalue weighted by atomic mass is 32.2.